The fraction of sp³-hybridized carbons (Fsp3) is 0.409. The lowest BCUT2D eigenvalue weighted by Crippen LogP contribution is -2.49. The number of methoxy groups -OCH3 is 2. The summed E-state index contributed by atoms with van der Waals surface area (Å²) in [5.41, 5.74) is 1.54. The molecule has 2 aromatic carbocycles. The number of nitrogens with zero attached hydrogens (tertiary/aromatic N) is 1. The normalized spacial score (nSPS) is 12.1. The molecule has 0 fully saturated rings. The second kappa shape index (κ2) is 10.9. The Morgan fingerprint density at radius 1 is 1.07 bits per heavy atom. The lowest BCUT2D eigenvalue weighted by atomic mass is 10.1. The maximum atomic E-state index is 12.8. The zero-order valence-corrected chi connectivity index (χ0v) is 18.7. The van der Waals surface area contributed by atoms with E-state index in [4.69, 9.17) is 9.47 Å². The number of hydrogen-bond acceptors (Lipinski definition) is 5. The van der Waals surface area contributed by atoms with Gasteiger partial charge in [0.1, 0.15) is 6.04 Å². The van der Waals surface area contributed by atoms with Crippen molar-refractivity contribution in [3.05, 3.63) is 54.1 Å². The molecule has 0 aliphatic heterocycles. The summed E-state index contributed by atoms with van der Waals surface area (Å²) in [4.78, 5) is 12.8. The topological polar surface area (TPSA) is 84.9 Å². The molecular weight excluding hydrogens is 404 g/mol. The zero-order valence-electron chi connectivity index (χ0n) is 17.9. The Balaban J connectivity index is 2.00. The molecule has 0 bridgehead atoms. The predicted molar refractivity (Wildman–Crippen MR) is 119 cm³/mol. The molecule has 0 saturated carbocycles. The molecule has 2 aromatic rings. The lowest BCUT2D eigenvalue weighted by molar-refractivity contribution is -0.122. The first-order valence-electron chi connectivity index (χ1n) is 9.84. The molecule has 8 heteroatoms. The van der Waals surface area contributed by atoms with Crippen molar-refractivity contribution in [2.24, 2.45) is 0 Å². The molecule has 0 aromatic heterocycles. The summed E-state index contributed by atoms with van der Waals surface area (Å²) in [6, 6.07) is 13.6. The number of nitrogens with one attached hydrogen (secondary N) is 1. The van der Waals surface area contributed by atoms with Crippen molar-refractivity contribution in [2.75, 3.05) is 31.3 Å². The largest absolute Gasteiger partial charge is 0.493 e. The van der Waals surface area contributed by atoms with Gasteiger partial charge in [-0.05, 0) is 49.1 Å². The van der Waals surface area contributed by atoms with Gasteiger partial charge in [-0.1, -0.05) is 31.2 Å². The quantitative estimate of drug-likeness (QED) is 0.550. The highest BCUT2D eigenvalue weighted by atomic mass is 32.2. The lowest BCUT2D eigenvalue weighted by Gasteiger charge is -2.30. The number of sulfonamides is 1. The van der Waals surface area contributed by atoms with Gasteiger partial charge >= 0.3 is 0 Å². The molecule has 30 heavy (non-hydrogen) atoms. The van der Waals surface area contributed by atoms with E-state index in [0.29, 0.717) is 36.6 Å². The summed E-state index contributed by atoms with van der Waals surface area (Å²) in [5, 5.41) is 2.88. The monoisotopic (exact) mass is 434 g/mol. The molecule has 0 saturated heterocycles. The third-order valence-corrected chi connectivity index (χ3v) is 5.91. The minimum absolute atomic E-state index is 0.306. The second-order valence-electron chi connectivity index (χ2n) is 6.90. The third-order valence-electron chi connectivity index (χ3n) is 4.73. The van der Waals surface area contributed by atoms with E-state index in [0.717, 1.165) is 18.2 Å². The molecule has 1 amide bonds. The summed E-state index contributed by atoms with van der Waals surface area (Å²) in [6.45, 7) is 2.24. The molecular formula is C22H30N2O5S. The van der Waals surface area contributed by atoms with Crippen LogP contribution in [0.5, 0.6) is 11.5 Å². The number of ether oxygens (including phenoxy) is 2. The van der Waals surface area contributed by atoms with E-state index in [1.807, 2.05) is 18.2 Å². The molecule has 7 nitrogen and oxygen atoms in total. The van der Waals surface area contributed by atoms with Gasteiger partial charge in [0.05, 0.1) is 26.2 Å². The molecule has 2 rings (SSSR count). The van der Waals surface area contributed by atoms with E-state index in [2.05, 4.69) is 5.32 Å². The highest BCUT2D eigenvalue weighted by Gasteiger charge is 2.31. The number of anilines is 1. The highest BCUT2D eigenvalue weighted by molar-refractivity contribution is 7.92. The average molecular weight is 435 g/mol. The first-order chi connectivity index (χ1) is 14.3. The fourth-order valence-corrected chi connectivity index (χ4v) is 4.50. The Morgan fingerprint density at radius 3 is 2.30 bits per heavy atom. The predicted octanol–water partition coefficient (Wildman–Crippen LogP) is 3.00. The highest BCUT2D eigenvalue weighted by Crippen LogP contribution is 2.28. The van der Waals surface area contributed by atoms with E-state index in [1.165, 1.54) is 4.31 Å². The van der Waals surface area contributed by atoms with Crippen LogP contribution in [-0.2, 0) is 21.2 Å². The molecule has 1 N–H and O–H groups in total. The minimum Gasteiger partial charge on any atom is -0.493 e. The molecule has 0 heterocycles. The van der Waals surface area contributed by atoms with Gasteiger partial charge in [-0.15, -0.1) is 0 Å². The van der Waals surface area contributed by atoms with E-state index in [9.17, 15) is 13.2 Å². The molecule has 164 valence electrons. The van der Waals surface area contributed by atoms with Crippen LogP contribution in [0.1, 0.15) is 25.3 Å². The second-order valence-corrected chi connectivity index (χ2v) is 8.76. The maximum absolute atomic E-state index is 12.8. The van der Waals surface area contributed by atoms with E-state index >= 15 is 0 Å². The first kappa shape index (κ1) is 23.5. The Hall–Kier alpha value is -2.74. The van der Waals surface area contributed by atoms with Crippen LogP contribution in [-0.4, -0.2) is 47.4 Å². The van der Waals surface area contributed by atoms with Crippen LogP contribution in [0.15, 0.2) is 48.5 Å². The van der Waals surface area contributed by atoms with Gasteiger partial charge in [0.25, 0.3) is 0 Å². The molecule has 1 atom stereocenters. The fourth-order valence-electron chi connectivity index (χ4n) is 3.29. The van der Waals surface area contributed by atoms with Crippen LogP contribution in [0.2, 0.25) is 0 Å². The van der Waals surface area contributed by atoms with Crippen molar-refractivity contribution in [1.29, 1.82) is 0 Å². The number of benzene rings is 2. The summed E-state index contributed by atoms with van der Waals surface area (Å²) in [7, 11) is -0.435. The van der Waals surface area contributed by atoms with Gasteiger partial charge in [-0.3, -0.25) is 9.10 Å². The zero-order chi connectivity index (χ0) is 22.1. The number of amides is 1. The van der Waals surface area contributed by atoms with Crippen molar-refractivity contribution in [2.45, 2.75) is 32.2 Å². The number of hydrogen-bond donors (Lipinski definition) is 1. The molecule has 0 radical (unpaired) electrons. The van der Waals surface area contributed by atoms with Gasteiger partial charge in [-0.2, -0.15) is 0 Å². The summed E-state index contributed by atoms with van der Waals surface area (Å²) < 4.78 is 36.5. The molecule has 0 aliphatic carbocycles. The van der Waals surface area contributed by atoms with Crippen LogP contribution in [0.25, 0.3) is 0 Å². The van der Waals surface area contributed by atoms with E-state index < -0.39 is 16.1 Å². The Morgan fingerprint density at radius 2 is 1.73 bits per heavy atom. The Labute approximate surface area is 179 Å². The van der Waals surface area contributed by atoms with Crippen LogP contribution in [0, 0.1) is 0 Å². The number of aryl methyl sites for hydroxylation is 1. The van der Waals surface area contributed by atoms with Gasteiger partial charge in [0.2, 0.25) is 15.9 Å². The van der Waals surface area contributed by atoms with E-state index in [1.54, 1.807) is 51.5 Å². The van der Waals surface area contributed by atoms with Crippen LogP contribution in [0.3, 0.4) is 0 Å². The van der Waals surface area contributed by atoms with Crippen molar-refractivity contribution >= 4 is 21.6 Å². The van der Waals surface area contributed by atoms with Crippen LogP contribution < -0.4 is 19.1 Å². The maximum Gasteiger partial charge on any atom is 0.243 e. The van der Waals surface area contributed by atoms with Crippen molar-refractivity contribution in [3.8, 4) is 11.5 Å². The number of para-hydroxylation sites is 1. The molecule has 0 spiro atoms. The van der Waals surface area contributed by atoms with Gasteiger partial charge < -0.3 is 14.8 Å². The van der Waals surface area contributed by atoms with Gasteiger partial charge in [0.15, 0.2) is 11.5 Å². The first-order valence-corrected chi connectivity index (χ1v) is 11.7. The standard InChI is InChI=1S/C22H30N2O5S/c1-5-19(24(30(4,26)27)18-11-7-6-8-12-18)22(25)23-15-9-10-17-13-14-20(28-2)21(16-17)29-3/h6-8,11-14,16,19H,5,9-10,15H2,1-4H3,(H,23,25)/t19-/m0/s1. The van der Waals surface area contributed by atoms with Crippen molar-refractivity contribution in [3.63, 3.8) is 0 Å². The SMILES string of the molecule is CC[C@@H](C(=O)NCCCc1ccc(OC)c(OC)c1)N(c1ccccc1)S(C)(=O)=O. The van der Waals surface area contributed by atoms with Crippen molar-refractivity contribution < 1.29 is 22.7 Å². The summed E-state index contributed by atoms with van der Waals surface area (Å²) in [5.74, 6) is 1.03. The van der Waals surface area contributed by atoms with Crippen LogP contribution in [0.4, 0.5) is 5.69 Å². The number of rotatable bonds is 11. The minimum atomic E-state index is -3.62. The molecule has 0 aliphatic rings. The van der Waals surface area contributed by atoms with Crippen molar-refractivity contribution in [1.82, 2.24) is 5.32 Å². The molecule has 0 unspecified atom stereocenters. The smallest absolute Gasteiger partial charge is 0.243 e. The van der Waals surface area contributed by atoms with E-state index in [-0.39, 0.29) is 5.91 Å². The summed E-state index contributed by atoms with van der Waals surface area (Å²) in [6.07, 6.45) is 2.93. The van der Waals surface area contributed by atoms with Crippen LogP contribution >= 0.6 is 0 Å². The van der Waals surface area contributed by atoms with Gasteiger partial charge in [-0.25, -0.2) is 8.42 Å². The Bertz CT molecular complexity index is 932. The van der Waals surface area contributed by atoms with Gasteiger partial charge in [0, 0.05) is 6.54 Å². The summed E-state index contributed by atoms with van der Waals surface area (Å²) >= 11 is 0. The number of carbonyl (C=O) groups excluding carboxylic acids is 1. The number of carbonyl (C=O) groups is 1. The Kier molecular flexibility index (Phi) is 8.53. The average Bonchev–Trinajstić information content (AvgIpc) is 2.74. The third kappa shape index (κ3) is 6.13.